The van der Waals surface area contributed by atoms with E-state index in [9.17, 15) is 9.59 Å². The van der Waals surface area contributed by atoms with Crippen molar-refractivity contribution in [2.75, 3.05) is 13.2 Å². The molecule has 3 N–H and O–H groups in total. The highest BCUT2D eigenvalue weighted by molar-refractivity contribution is 5.67. The number of ether oxygens (including phenoxy) is 2. The molecular weight excluding hydrogens is 236 g/mol. The average molecular weight is 271 g/mol. The Bertz CT molecular complexity index is 574. The summed E-state index contributed by atoms with van der Waals surface area (Å²) in [5, 5.41) is 1.54. The Morgan fingerprint density at radius 3 is 2.72 bits per heavy atom. The monoisotopic (exact) mass is 271 g/mol. The maximum atomic E-state index is 12.1. The van der Waals surface area contributed by atoms with Gasteiger partial charge in [-0.15, -0.1) is 0 Å². The van der Waals surface area contributed by atoms with Gasteiger partial charge in [-0.25, -0.2) is 9.59 Å². The maximum absolute atomic E-state index is 12.1. The van der Waals surface area contributed by atoms with Gasteiger partial charge in [0.1, 0.15) is 13.2 Å². The molecule has 0 aromatic heterocycles. The van der Waals surface area contributed by atoms with Crippen molar-refractivity contribution in [1.29, 1.82) is 0 Å². The maximum Gasteiger partial charge on any atom is 0.407 e. The molecule has 6 nitrogen and oxygen atoms in total. The van der Waals surface area contributed by atoms with Crippen LogP contribution in [0.1, 0.15) is 55.4 Å². The van der Waals surface area contributed by atoms with Gasteiger partial charge in [-0.1, -0.05) is 20.2 Å². The van der Waals surface area contributed by atoms with E-state index in [0.29, 0.717) is 0 Å². The lowest BCUT2D eigenvalue weighted by Crippen LogP contribution is -2.37. The molecule has 0 aliphatic carbocycles. The van der Waals surface area contributed by atoms with Gasteiger partial charge in [-0.3, -0.25) is 0 Å². The van der Waals surface area contributed by atoms with E-state index in [-0.39, 0.29) is 6.42 Å². The normalized spacial score (nSPS) is 25.8. The Balaban J connectivity index is 5.92. The number of amides is 2. The summed E-state index contributed by atoms with van der Waals surface area (Å²) in [7, 11) is 0. The number of primary amides is 1. The molecule has 0 spiro atoms. The van der Waals surface area contributed by atoms with Crippen molar-refractivity contribution in [3.05, 3.63) is 0 Å². The van der Waals surface area contributed by atoms with Crippen LogP contribution in [0.5, 0.6) is 0 Å². The molecule has 0 fully saturated rings. The van der Waals surface area contributed by atoms with Gasteiger partial charge in [0, 0.05) is 23.8 Å². The lowest BCUT2D eigenvalue weighted by molar-refractivity contribution is 0.0333. The summed E-state index contributed by atoms with van der Waals surface area (Å²) in [6.07, 6.45) is -3.58. The second kappa shape index (κ2) is 7.79. The van der Waals surface area contributed by atoms with Crippen LogP contribution in [0.15, 0.2) is 0 Å². The average Bonchev–Trinajstić information content (AvgIpc) is 2.44. The molecule has 0 rings (SSSR count). The lowest BCUT2D eigenvalue weighted by Gasteiger charge is -2.27. The van der Waals surface area contributed by atoms with Crippen LogP contribution in [-0.4, -0.2) is 31.4 Å². The summed E-state index contributed by atoms with van der Waals surface area (Å²) in [4.78, 5) is 23.0. The molecule has 1 unspecified atom stereocenters. The Labute approximate surface area is 124 Å². The van der Waals surface area contributed by atoms with Gasteiger partial charge in [-0.2, -0.15) is 0 Å². The highest BCUT2D eigenvalue weighted by Gasteiger charge is 2.27. The SMILES string of the molecule is [2H]C([2H])([2H])C(NC(=O)OC([2H])([2H])C(CCC)(COC(N)=O)C([2H])([2H])[2H])C([2H])([2H])[2H]. The van der Waals surface area contributed by atoms with Crippen molar-refractivity contribution in [2.45, 2.75) is 46.4 Å². The van der Waals surface area contributed by atoms with Gasteiger partial charge in [0.2, 0.25) is 0 Å². The highest BCUT2D eigenvalue weighted by Crippen LogP contribution is 2.24. The van der Waals surface area contributed by atoms with E-state index in [1.54, 1.807) is 5.32 Å². The van der Waals surface area contributed by atoms with Crippen molar-refractivity contribution < 1.29 is 34.1 Å². The standard InChI is InChI=1S/C12H24N2O4/c1-5-6-12(4,7-17-10(13)15)8-18-11(16)14-9(2)3/h9H,5-8H2,1-4H3,(H2,13,15)(H,14,16)/i2D3,3D3,4D3,8D2. The molecule has 0 saturated carbocycles. The largest absolute Gasteiger partial charge is 0.449 e. The number of alkyl carbamates (subject to hydrolysis) is 1. The molecule has 0 aromatic carbocycles. The molecule has 0 radical (unpaired) electrons. The van der Waals surface area contributed by atoms with Crippen molar-refractivity contribution in [3.63, 3.8) is 0 Å². The summed E-state index contributed by atoms with van der Waals surface area (Å²) >= 11 is 0. The van der Waals surface area contributed by atoms with Gasteiger partial charge < -0.3 is 20.5 Å². The Morgan fingerprint density at radius 2 is 2.22 bits per heavy atom. The molecule has 0 bridgehead atoms. The number of rotatable bonds is 7. The molecule has 106 valence electrons. The second-order valence-corrected chi connectivity index (χ2v) is 3.51. The number of hydrogen-bond donors (Lipinski definition) is 2. The van der Waals surface area contributed by atoms with Gasteiger partial charge in [0.05, 0.1) is 2.74 Å². The van der Waals surface area contributed by atoms with Crippen molar-refractivity contribution in [2.24, 2.45) is 11.1 Å². The number of carbonyl (C=O) groups excluding carboxylic acids is 2. The predicted molar refractivity (Wildman–Crippen MR) is 68.2 cm³/mol. The molecule has 0 saturated heterocycles. The number of hydrogen-bond acceptors (Lipinski definition) is 4. The fraction of sp³-hybridized carbons (Fsp3) is 0.833. The summed E-state index contributed by atoms with van der Waals surface area (Å²) in [6, 6.07) is -2.39. The van der Waals surface area contributed by atoms with E-state index < -0.39 is 63.8 Å². The fourth-order valence-electron chi connectivity index (χ4n) is 1.07. The van der Waals surface area contributed by atoms with Crippen LogP contribution in [-0.2, 0) is 9.47 Å². The van der Waals surface area contributed by atoms with Gasteiger partial charge in [0.25, 0.3) is 0 Å². The van der Waals surface area contributed by atoms with Crippen molar-refractivity contribution in [1.82, 2.24) is 5.32 Å². The molecule has 0 aromatic rings. The second-order valence-electron chi connectivity index (χ2n) is 3.51. The van der Waals surface area contributed by atoms with Crippen LogP contribution in [0.25, 0.3) is 0 Å². The third-order valence-corrected chi connectivity index (χ3v) is 1.74. The molecule has 2 amide bonds. The van der Waals surface area contributed by atoms with Crippen molar-refractivity contribution in [3.8, 4) is 0 Å². The van der Waals surface area contributed by atoms with Crippen LogP contribution >= 0.6 is 0 Å². The minimum Gasteiger partial charge on any atom is -0.449 e. The topological polar surface area (TPSA) is 90.7 Å². The van der Waals surface area contributed by atoms with E-state index in [2.05, 4.69) is 9.47 Å². The summed E-state index contributed by atoms with van der Waals surface area (Å²) < 4.78 is 91.5. The highest BCUT2D eigenvalue weighted by atomic mass is 16.6. The molecule has 0 aliphatic heterocycles. The molecular formula is C12H24N2O4. The Morgan fingerprint density at radius 1 is 1.50 bits per heavy atom. The molecule has 1 atom stereocenters. The third-order valence-electron chi connectivity index (χ3n) is 1.74. The fourth-order valence-corrected chi connectivity index (χ4v) is 1.07. The first-order chi connectivity index (χ1) is 12.7. The van der Waals surface area contributed by atoms with E-state index in [4.69, 9.17) is 20.8 Å². The van der Waals surface area contributed by atoms with E-state index in [0.717, 1.165) is 0 Å². The lowest BCUT2D eigenvalue weighted by atomic mass is 9.87. The number of nitrogens with one attached hydrogen (secondary N) is 1. The van der Waals surface area contributed by atoms with E-state index in [1.165, 1.54) is 6.92 Å². The van der Waals surface area contributed by atoms with Crippen LogP contribution in [0.3, 0.4) is 0 Å². The minimum atomic E-state index is -3.33. The Hall–Kier alpha value is -1.46. The first kappa shape index (κ1) is 5.67. The van der Waals surface area contributed by atoms with Gasteiger partial charge in [-0.05, 0) is 20.1 Å². The summed E-state index contributed by atoms with van der Waals surface area (Å²) in [6.45, 7) is -12.4. The van der Waals surface area contributed by atoms with Crippen LogP contribution in [0.2, 0.25) is 0 Å². The Kier molecular flexibility index (Phi) is 2.45. The zero-order valence-electron chi connectivity index (χ0n) is 20.9. The van der Waals surface area contributed by atoms with Crippen LogP contribution < -0.4 is 11.1 Å². The third kappa shape index (κ3) is 7.76. The predicted octanol–water partition coefficient (Wildman–Crippen LogP) is 2.02. The number of carbonyl (C=O) groups is 2. The minimum absolute atomic E-state index is 0.0676. The molecule has 18 heavy (non-hydrogen) atoms. The number of nitrogens with two attached hydrogens (primary N) is 1. The van der Waals surface area contributed by atoms with Crippen LogP contribution in [0, 0.1) is 5.41 Å². The first-order valence-electron chi connectivity index (χ1n) is 10.6. The smallest absolute Gasteiger partial charge is 0.407 e. The van der Waals surface area contributed by atoms with Crippen LogP contribution in [0.4, 0.5) is 9.59 Å². The molecule has 0 heterocycles. The van der Waals surface area contributed by atoms with E-state index in [1.807, 2.05) is 0 Å². The summed E-state index contributed by atoms with van der Waals surface area (Å²) in [5.74, 6) is 0. The van der Waals surface area contributed by atoms with Gasteiger partial charge >= 0.3 is 12.2 Å². The quantitative estimate of drug-likeness (QED) is 0.741. The van der Waals surface area contributed by atoms with Crippen molar-refractivity contribution >= 4 is 12.2 Å². The zero-order chi connectivity index (χ0) is 23.5. The van der Waals surface area contributed by atoms with E-state index >= 15 is 0 Å². The molecule has 6 heteroatoms. The summed E-state index contributed by atoms with van der Waals surface area (Å²) in [5.41, 5.74) is 2.27. The first-order valence-corrected chi connectivity index (χ1v) is 5.13. The molecule has 0 aliphatic rings. The zero-order valence-corrected chi connectivity index (χ0v) is 9.91. The van der Waals surface area contributed by atoms with Gasteiger partial charge in [0.15, 0.2) is 0 Å².